The van der Waals surface area contributed by atoms with Crippen LogP contribution in [0.2, 0.25) is 5.15 Å². The zero-order chi connectivity index (χ0) is 10.1. The summed E-state index contributed by atoms with van der Waals surface area (Å²) in [7, 11) is 0. The second kappa shape index (κ2) is 4.06. The van der Waals surface area contributed by atoms with Crippen LogP contribution in [0.4, 0.5) is 0 Å². The third-order valence-electron chi connectivity index (χ3n) is 1.86. The summed E-state index contributed by atoms with van der Waals surface area (Å²) in [6, 6.07) is 5.76. The maximum atomic E-state index is 5.81. The molecule has 1 aromatic heterocycles. The van der Waals surface area contributed by atoms with Crippen LogP contribution in [-0.4, -0.2) is 4.98 Å². The van der Waals surface area contributed by atoms with E-state index in [1.165, 1.54) is 11.9 Å². The minimum absolute atomic E-state index is 0.482. The van der Waals surface area contributed by atoms with Crippen molar-refractivity contribution in [3.05, 3.63) is 34.0 Å². The molecule has 72 valence electrons. The fraction of sp³-hybridized carbons (Fsp3) is 0. The molecule has 0 spiro atoms. The van der Waals surface area contributed by atoms with Crippen molar-refractivity contribution in [1.82, 2.24) is 4.98 Å². The SMILES string of the molecule is NSc1cc(Br)cc2cnc(Cl)cc12. The largest absolute Gasteiger partial charge is 0.274 e. The number of fused-ring (bicyclic) bond motifs is 1. The third-order valence-corrected chi connectivity index (χ3v) is 3.11. The van der Waals surface area contributed by atoms with Crippen molar-refractivity contribution in [2.45, 2.75) is 4.90 Å². The van der Waals surface area contributed by atoms with Gasteiger partial charge in [-0.25, -0.2) is 4.98 Å². The Kier molecular flexibility index (Phi) is 2.97. The van der Waals surface area contributed by atoms with E-state index in [1.807, 2.05) is 18.2 Å². The van der Waals surface area contributed by atoms with Gasteiger partial charge in [0.25, 0.3) is 0 Å². The number of rotatable bonds is 1. The minimum Gasteiger partial charge on any atom is -0.274 e. The molecule has 14 heavy (non-hydrogen) atoms. The van der Waals surface area contributed by atoms with E-state index in [9.17, 15) is 0 Å². The highest BCUT2D eigenvalue weighted by molar-refractivity contribution is 9.10. The van der Waals surface area contributed by atoms with E-state index in [2.05, 4.69) is 20.9 Å². The van der Waals surface area contributed by atoms with E-state index in [1.54, 1.807) is 6.20 Å². The van der Waals surface area contributed by atoms with Gasteiger partial charge in [0, 0.05) is 26.3 Å². The number of nitrogens with two attached hydrogens (primary N) is 1. The molecule has 2 aromatic rings. The van der Waals surface area contributed by atoms with Crippen molar-refractivity contribution < 1.29 is 0 Å². The molecule has 0 radical (unpaired) electrons. The van der Waals surface area contributed by atoms with Gasteiger partial charge in [-0.2, -0.15) is 0 Å². The highest BCUT2D eigenvalue weighted by atomic mass is 79.9. The number of benzene rings is 1. The molecule has 0 bridgehead atoms. The normalized spacial score (nSPS) is 10.8. The molecule has 0 saturated heterocycles. The van der Waals surface area contributed by atoms with Gasteiger partial charge in [0.05, 0.1) is 0 Å². The molecule has 2 nitrogen and oxygen atoms in total. The Morgan fingerprint density at radius 2 is 2.14 bits per heavy atom. The Labute approximate surface area is 99.1 Å². The Hall–Kier alpha value is -0.290. The molecule has 0 fully saturated rings. The fourth-order valence-corrected chi connectivity index (χ4v) is 2.54. The number of pyridine rings is 1. The molecule has 0 saturated carbocycles. The van der Waals surface area contributed by atoms with Gasteiger partial charge >= 0.3 is 0 Å². The number of nitrogens with zero attached hydrogens (tertiary/aromatic N) is 1. The monoisotopic (exact) mass is 288 g/mol. The van der Waals surface area contributed by atoms with Crippen LogP contribution in [0.15, 0.2) is 33.8 Å². The molecule has 0 aliphatic heterocycles. The first-order chi connectivity index (χ1) is 6.70. The van der Waals surface area contributed by atoms with Crippen LogP contribution in [0.1, 0.15) is 0 Å². The molecule has 0 aliphatic rings. The van der Waals surface area contributed by atoms with Gasteiger partial charge in [0.1, 0.15) is 5.15 Å². The fourth-order valence-electron chi connectivity index (χ4n) is 1.26. The predicted molar refractivity (Wildman–Crippen MR) is 64.5 cm³/mol. The lowest BCUT2D eigenvalue weighted by Gasteiger charge is -2.04. The summed E-state index contributed by atoms with van der Waals surface area (Å²) in [6.07, 6.45) is 1.74. The zero-order valence-corrected chi connectivity index (χ0v) is 10.2. The molecule has 0 amide bonds. The van der Waals surface area contributed by atoms with Crippen LogP contribution >= 0.6 is 39.5 Å². The first-order valence-corrected chi connectivity index (χ1v) is 5.87. The Bertz CT molecular complexity index is 489. The summed E-state index contributed by atoms with van der Waals surface area (Å²) in [5, 5.41) is 8.10. The molecule has 5 heteroatoms. The van der Waals surface area contributed by atoms with Crippen LogP contribution in [0.5, 0.6) is 0 Å². The van der Waals surface area contributed by atoms with Crippen molar-refractivity contribution in [1.29, 1.82) is 0 Å². The Morgan fingerprint density at radius 1 is 1.36 bits per heavy atom. The quantitative estimate of drug-likeness (QED) is 0.644. The van der Waals surface area contributed by atoms with Crippen molar-refractivity contribution in [2.75, 3.05) is 0 Å². The predicted octanol–water partition coefficient (Wildman–Crippen LogP) is 3.62. The van der Waals surface area contributed by atoms with E-state index < -0.39 is 0 Å². The topological polar surface area (TPSA) is 38.9 Å². The summed E-state index contributed by atoms with van der Waals surface area (Å²) in [5.74, 6) is 0. The lowest BCUT2D eigenvalue weighted by molar-refractivity contribution is 1.35. The van der Waals surface area contributed by atoms with Gasteiger partial charge in [-0.1, -0.05) is 27.5 Å². The number of aromatic nitrogens is 1. The van der Waals surface area contributed by atoms with Gasteiger partial charge in [0.15, 0.2) is 0 Å². The van der Waals surface area contributed by atoms with Crippen LogP contribution in [0.3, 0.4) is 0 Å². The standard InChI is InChI=1S/C9H6BrClN2S/c10-6-1-5-4-13-9(11)3-7(5)8(2-6)14-12/h1-4H,12H2. The van der Waals surface area contributed by atoms with Crippen LogP contribution < -0.4 is 5.14 Å². The first-order valence-electron chi connectivity index (χ1n) is 3.82. The second-order valence-corrected chi connectivity index (χ2v) is 4.73. The summed E-state index contributed by atoms with van der Waals surface area (Å²) >= 11 is 10.4. The van der Waals surface area contributed by atoms with Crippen LogP contribution in [0.25, 0.3) is 10.8 Å². The Morgan fingerprint density at radius 3 is 2.86 bits per heavy atom. The van der Waals surface area contributed by atoms with Gasteiger partial charge in [-0.15, -0.1) is 0 Å². The van der Waals surface area contributed by atoms with Crippen molar-refractivity contribution >= 4 is 50.3 Å². The van der Waals surface area contributed by atoms with Gasteiger partial charge < -0.3 is 0 Å². The van der Waals surface area contributed by atoms with E-state index in [4.69, 9.17) is 16.7 Å². The van der Waals surface area contributed by atoms with E-state index >= 15 is 0 Å². The third kappa shape index (κ3) is 1.88. The summed E-state index contributed by atoms with van der Waals surface area (Å²) in [4.78, 5) is 5.00. The maximum Gasteiger partial charge on any atom is 0.129 e. The number of halogens is 2. The van der Waals surface area contributed by atoms with Crippen molar-refractivity contribution in [3.8, 4) is 0 Å². The lowest BCUT2D eigenvalue weighted by Crippen LogP contribution is -1.85. The molecular weight excluding hydrogens is 284 g/mol. The summed E-state index contributed by atoms with van der Waals surface area (Å²) in [6.45, 7) is 0. The minimum atomic E-state index is 0.482. The van der Waals surface area contributed by atoms with Crippen molar-refractivity contribution in [2.24, 2.45) is 5.14 Å². The van der Waals surface area contributed by atoms with Gasteiger partial charge in [-0.3, -0.25) is 5.14 Å². The molecule has 2 rings (SSSR count). The molecular formula is C9H6BrClN2S. The van der Waals surface area contributed by atoms with Gasteiger partial charge in [-0.05, 0) is 30.1 Å². The molecule has 1 heterocycles. The van der Waals surface area contributed by atoms with Crippen LogP contribution in [0, 0.1) is 0 Å². The molecule has 0 unspecified atom stereocenters. The average molecular weight is 290 g/mol. The summed E-state index contributed by atoms with van der Waals surface area (Å²) in [5.41, 5.74) is 0. The lowest BCUT2D eigenvalue weighted by atomic mass is 10.2. The second-order valence-electron chi connectivity index (χ2n) is 2.75. The van der Waals surface area contributed by atoms with Gasteiger partial charge in [0.2, 0.25) is 0 Å². The smallest absolute Gasteiger partial charge is 0.129 e. The Balaban J connectivity index is 2.81. The highest BCUT2D eigenvalue weighted by Gasteiger charge is 2.03. The molecule has 0 aliphatic carbocycles. The average Bonchev–Trinajstić information content (AvgIpc) is 2.17. The van der Waals surface area contributed by atoms with E-state index in [0.717, 1.165) is 20.1 Å². The first kappa shape index (κ1) is 10.2. The van der Waals surface area contributed by atoms with Crippen LogP contribution in [-0.2, 0) is 0 Å². The summed E-state index contributed by atoms with van der Waals surface area (Å²) < 4.78 is 0.988. The maximum absolute atomic E-state index is 5.81. The number of hydrogen-bond donors (Lipinski definition) is 1. The molecule has 1 aromatic carbocycles. The van der Waals surface area contributed by atoms with E-state index in [-0.39, 0.29) is 0 Å². The van der Waals surface area contributed by atoms with Crippen molar-refractivity contribution in [3.63, 3.8) is 0 Å². The zero-order valence-electron chi connectivity index (χ0n) is 7.00. The highest BCUT2D eigenvalue weighted by Crippen LogP contribution is 2.29. The molecule has 0 atom stereocenters. The number of hydrogen-bond acceptors (Lipinski definition) is 3. The molecule has 2 N–H and O–H groups in total. The van der Waals surface area contributed by atoms with E-state index in [0.29, 0.717) is 5.15 Å².